The zero-order valence-electron chi connectivity index (χ0n) is 15.7. The highest BCUT2D eigenvalue weighted by Gasteiger charge is 2.11. The van der Waals surface area contributed by atoms with E-state index in [2.05, 4.69) is 27.4 Å². The predicted octanol–water partition coefficient (Wildman–Crippen LogP) is 3.40. The van der Waals surface area contributed by atoms with Gasteiger partial charge in [-0.15, -0.1) is 0 Å². The highest BCUT2D eigenvalue weighted by Crippen LogP contribution is 2.21. The summed E-state index contributed by atoms with van der Waals surface area (Å²) in [6.45, 7) is 2.23. The molecule has 1 N–H and O–H groups in total. The number of aromatic amines is 1. The Labute approximate surface area is 172 Å². The van der Waals surface area contributed by atoms with E-state index in [1.807, 2.05) is 59.4 Å². The van der Waals surface area contributed by atoms with Crippen molar-refractivity contribution < 1.29 is 0 Å². The lowest BCUT2D eigenvalue weighted by Crippen LogP contribution is -2.22. The smallest absolute Gasteiger partial charge is 0.267 e. The molecule has 2 aromatic heterocycles. The Kier molecular flexibility index (Phi) is 5.26. The Morgan fingerprint density at radius 3 is 2.52 bits per heavy atom. The normalized spacial score (nSPS) is 11.2. The average Bonchev–Trinajstić information content (AvgIpc) is 3.15. The summed E-state index contributed by atoms with van der Waals surface area (Å²) in [5, 5.41) is 15.5. The lowest BCUT2D eigenvalue weighted by molar-refractivity contribution is 0.689. The van der Waals surface area contributed by atoms with Crippen LogP contribution in [0.4, 0.5) is 0 Å². The molecule has 2 aromatic carbocycles. The second-order valence-electron chi connectivity index (χ2n) is 6.46. The summed E-state index contributed by atoms with van der Waals surface area (Å²) >= 11 is 5.14. The molecular formula is C21H18N6OS. The number of hydrogen-bond donors (Lipinski definition) is 1. The summed E-state index contributed by atoms with van der Waals surface area (Å²) in [5.41, 5.74) is 3.59. The minimum atomic E-state index is -0.358. The Morgan fingerprint density at radius 1 is 1.10 bits per heavy atom. The van der Waals surface area contributed by atoms with Crippen molar-refractivity contribution in [2.45, 2.75) is 13.5 Å². The molecule has 0 spiro atoms. The van der Waals surface area contributed by atoms with E-state index >= 15 is 0 Å². The van der Waals surface area contributed by atoms with Crippen molar-refractivity contribution in [3.8, 4) is 11.3 Å². The number of rotatable bonds is 5. The summed E-state index contributed by atoms with van der Waals surface area (Å²) in [6.07, 6.45) is 3.51. The van der Waals surface area contributed by atoms with Crippen LogP contribution in [0.3, 0.4) is 0 Å². The van der Waals surface area contributed by atoms with Gasteiger partial charge >= 0.3 is 0 Å². The first-order valence-electron chi connectivity index (χ1n) is 9.01. The zero-order chi connectivity index (χ0) is 20.2. The van der Waals surface area contributed by atoms with Crippen LogP contribution in [0.25, 0.3) is 11.3 Å². The van der Waals surface area contributed by atoms with Crippen LogP contribution >= 0.6 is 12.2 Å². The number of aromatic nitrogens is 5. The number of nitrogens with one attached hydrogen (secondary N) is 1. The molecule has 0 saturated heterocycles. The fourth-order valence-electron chi connectivity index (χ4n) is 2.90. The fourth-order valence-corrected chi connectivity index (χ4v) is 3.08. The van der Waals surface area contributed by atoms with Crippen LogP contribution in [0, 0.1) is 11.7 Å². The second-order valence-corrected chi connectivity index (χ2v) is 6.84. The number of hydrogen-bond acceptors (Lipinski definition) is 5. The summed E-state index contributed by atoms with van der Waals surface area (Å²) in [6, 6.07) is 19.9. The molecule has 2 heterocycles. The Hall–Kier alpha value is -3.65. The summed E-state index contributed by atoms with van der Waals surface area (Å²) in [7, 11) is 0. The molecule has 0 radical (unpaired) electrons. The fraction of sp³-hybridized carbons (Fsp3) is 0.0952. The highest BCUT2D eigenvalue weighted by atomic mass is 32.1. The van der Waals surface area contributed by atoms with Crippen molar-refractivity contribution >= 4 is 18.4 Å². The van der Waals surface area contributed by atoms with Gasteiger partial charge in [-0.3, -0.25) is 14.6 Å². The first-order chi connectivity index (χ1) is 14.1. The van der Waals surface area contributed by atoms with Gasteiger partial charge in [0.25, 0.3) is 5.56 Å². The lowest BCUT2D eigenvalue weighted by atomic mass is 10.1. The number of H-pyrrole nitrogens is 1. The van der Waals surface area contributed by atoms with Gasteiger partial charge in [-0.25, -0.2) is 0 Å². The summed E-state index contributed by atoms with van der Waals surface area (Å²) < 4.78 is 3.12. The minimum absolute atomic E-state index is 0.134. The number of nitrogens with zero attached hydrogens (tertiary/aromatic N) is 5. The topological polar surface area (TPSA) is 80.9 Å². The molecule has 0 atom stereocenters. The van der Waals surface area contributed by atoms with E-state index in [0.717, 1.165) is 27.1 Å². The van der Waals surface area contributed by atoms with Crippen LogP contribution in [0.5, 0.6) is 0 Å². The first-order valence-corrected chi connectivity index (χ1v) is 9.42. The molecule has 8 heteroatoms. The summed E-state index contributed by atoms with van der Waals surface area (Å²) in [5.74, 6) is 0. The molecule has 29 heavy (non-hydrogen) atoms. The molecule has 0 fully saturated rings. The van der Waals surface area contributed by atoms with Gasteiger partial charge in [-0.05, 0) is 24.7 Å². The molecule has 0 bridgehead atoms. The minimum Gasteiger partial charge on any atom is -0.267 e. The van der Waals surface area contributed by atoms with Gasteiger partial charge in [-0.2, -0.15) is 20.0 Å². The van der Waals surface area contributed by atoms with Crippen LogP contribution in [0.1, 0.15) is 16.8 Å². The third-order valence-electron chi connectivity index (χ3n) is 4.35. The third-order valence-corrected chi connectivity index (χ3v) is 4.61. The standard InChI is InChI=1S/C21H18N6OS/c1-15-20(28)27(21(29)24-23-15)22-12-18-14-26(13-16-8-4-2-5-9-16)25-19(18)17-10-6-3-7-11-17/h2-12,14H,13H2,1H3,(H,24,29)/b22-12-. The third kappa shape index (κ3) is 4.12. The van der Waals surface area contributed by atoms with Crippen molar-refractivity contribution in [1.82, 2.24) is 24.7 Å². The van der Waals surface area contributed by atoms with Gasteiger partial charge < -0.3 is 0 Å². The maximum Gasteiger partial charge on any atom is 0.296 e. The lowest BCUT2D eigenvalue weighted by Gasteiger charge is -2.01. The molecule has 0 saturated carbocycles. The average molecular weight is 402 g/mol. The maximum atomic E-state index is 12.3. The predicted molar refractivity (Wildman–Crippen MR) is 115 cm³/mol. The van der Waals surface area contributed by atoms with Crippen molar-refractivity contribution in [3.05, 3.63) is 98.8 Å². The highest BCUT2D eigenvalue weighted by molar-refractivity contribution is 7.71. The quantitative estimate of drug-likeness (QED) is 0.410. The molecule has 144 valence electrons. The van der Waals surface area contributed by atoms with Gasteiger partial charge in [0, 0.05) is 17.3 Å². The van der Waals surface area contributed by atoms with Crippen LogP contribution in [0.2, 0.25) is 0 Å². The van der Waals surface area contributed by atoms with Gasteiger partial charge in [-0.1, -0.05) is 60.7 Å². The number of aryl methyl sites for hydroxylation is 1. The SMILES string of the molecule is Cc1n[nH]c(=S)n(/N=C\c2cn(Cc3ccccc3)nc2-c2ccccc2)c1=O. The Morgan fingerprint density at radius 2 is 1.79 bits per heavy atom. The molecule has 4 rings (SSSR count). The van der Waals surface area contributed by atoms with Gasteiger partial charge in [0.05, 0.1) is 12.8 Å². The van der Waals surface area contributed by atoms with Crippen LogP contribution in [-0.2, 0) is 6.54 Å². The van der Waals surface area contributed by atoms with E-state index in [1.165, 1.54) is 0 Å². The molecule has 0 aliphatic rings. The van der Waals surface area contributed by atoms with Crippen molar-refractivity contribution in [2.24, 2.45) is 5.10 Å². The van der Waals surface area contributed by atoms with Gasteiger partial charge in [0.2, 0.25) is 4.77 Å². The van der Waals surface area contributed by atoms with E-state index in [-0.39, 0.29) is 10.3 Å². The van der Waals surface area contributed by atoms with E-state index < -0.39 is 0 Å². The molecule has 0 aliphatic heterocycles. The zero-order valence-corrected chi connectivity index (χ0v) is 16.5. The first kappa shape index (κ1) is 18.7. The van der Waals surface area contributed by atoms with E-state index in [9.17, 15) is 4.79 Å². The molecule has 7 nitrogen and oxygen atoms in total. The van der Waals surface area contributed by atoms with E-state index in [4.69, 9.17) is 17.3 Å². The van der Waals surface area contributed by atoms with Crippen molar-refractivity contribution in [3.63, 3.8) is 0 Å². The molecule has 4 aromatic rings. The van der Waals surface area contributed by atoms with Crippen molar-refractivity contribution in [2.75, 3.05) is 0 Å². The van der Waals surface area contributed by atoms with Crippen LogP contribution in [-0.4, -0.2) is 30.9 Å². The van der Waals surface area contributed by atoms with Crippen LogP contribution in [0.15, 0.2) is 76.8 Å². The Balaban J connectivity index is 1.76. The van der Waals surface area contributed by atoms with Gasteiger partial charge in [0.1, 0.15) is 11.4 Å². The largest absolute Gasteiger partial charge is 0.296 e. The molecule has 0 aliphatic carbocycles. The Bertz CT molecular complexity index is 1270. The monoisotopic (exact) mass is 402 g/mol. The maximum absolute atomic E-state index is 12.3. The molecule has 0 unspecified atom stereocenters. The van der Waals surface area contributed by atoms with Gasteiger partial charge in [0.15, 0.2) is 0 Å². The number of benzene rings is 2. The second kappa shape index (κ2) is 8.15. The molecule has 0 amide bonds. The van der Waals surface area contributed by atoms with Crippen molar-refractivity contribution in [1.29, 1.82) is 0 Å². The van der Waals surface area contributed by atoms with Crippen LogP contribution < -0.4 is 5.56 Å². The van der Waals surface area contributed by atoms with E-state index in [1.54, 1.807) is 13.1 Å². The summed E-state index contributed by atoms with van der Waals surface area (Å²) in [4.78, 5) is 12.3. The molecular weight excluding hydrogens is 384 g/mol. The van der Waals surface area contributed by atoms with E-state index in [0.29, 0.717) is 12.2 Å².